The highest BCUT2D eigenvalue weighted by atomic mass is 32.1. The molecule has 0 atom stereocenters. The van der Waals surface area contributed by atoms with Gasteiger partial charge in [-0.15, -0.1) is 11.3 Å². The molecule has 0 fully saturated rings. The summed E-state index contributed by atoms with van der Waals surface area (Å²) in [4.78, 5) is 15.4. The second-order valence-electron chi connectivity index (χ2n) is 4.73. The van der Waals surface area contributed by atoms with Crippen LogP contribution in [0.1, 0.15) is 23.8 Å². The fourth-order valence-electron chi connectivity index (χ4n) is 2.06. The number of anilines is 1. The minimum absolute atomic E-state index is 0.206. The summed E-state index contributed by atoms with van der Waals surface area (Å²) in [5, 5.41) is 2.04. The topological polar surface area (TPSA) is 46.3 Å². The number of nitrogen functional groups attached to an aromatic ring is 1. The zero-order chi connectivity index (χ0) is 14.4. The van der Waals surface area contributed by atoms with Crippen LogP contribution in [0, 0.1) is 0 Å². The molecule has 0 spiro atoms. The molecule has 2 aromatic rings. The van der Waals surface area contributed by atoms with E-state index in [1.165, 1.54) is 4.88 Å². The zero-order valence-electron chi connectivity index (χ0n) is 11.7. The van der Waals surface area contributed by atoms with Gasteiger partial charge in [0.15, 0.2) is 0 Å². The van der Waals surface area contributed by atoms with E-state index in [2.05, 4.69) is 6.07 Å². The SMILES string of the molecule is CCN(Cc1cccs1)C(=O)CCc1ccc(N)cc1. The van der Waals surface area contributed by atoms with Gasteiger partial charge in [-0.05, 0) is 42.5 Å². The van der Waals surface area contributed by atoms with Crippen molar-refractivity contribution in [3.05, 3.63) is 52.2 Å². The van der Waals surface area contributed by atoms with Crippen LogP contribution in [0.5, 0.6) is 0 Å². The van der Waals surface area contributed by atoms with Gasteiger partial charge in [-0.2, -0.15) is 0 Å². The molecule has 106 valence electrons. The largest absolute Gasteiger partial charge is 0.399 e. The maximum Gasteiger partial charge on any atom is 0.223 e. The molecule has 1 aromatic carbocycles. The molecule has 0 radical (unpaired) electrons. The number of hydrogen-bond acceptors (Lipinski definition) is 3. The maximum absolute atomic E-state index is 12.2. The summed E-state index contributed by atoms with van der Waals surface area (Å²) in [5.74, 6) is 0.206. The van der Waals surface area contributed by atoms with Gasteiger partial charge in [0, 0.05) is 23.5 Å². The number of benzene rings is 1. The van der Waals surface area contributed by atoms with Crippen LogP contribution in [0.4, 0.5) is 5.69 Å². The third-order valence-corrected chi connectivity index (χ3v) is 4.13. The molecule has 0 aliphatic heterocycles. The van der Waals surface area contributed by atoms with Crippen molar-refractivity contribution < 1.29 is 4.79 Å². The molecule has 0 aliphatic rings. The number of carbonyl (C=O) groups excluding carboxylic acids is 1. The fourth-order valence-corrected chi connectivity index (χ4v) is 2.78. The number of amides is 1. The number of aryl methyl sites for hydroxylation is 1. The third-order valence-electron chi connectivity index (χ3n) is 3.27. The van der Waals surface area contributed by atoms with Gasteiger partial charge in [-0.1, -0.05) is 18.2 Å². The van der Waals surface area contributed by atoms with Crippen LogP contribution >= 0.6 is 11.3 Å². The first-order valence-electron chi connectivity index (χ1n) is 6.83. The highest BCUT2D eigenvalue weighted by molar-refractivity contribution is 7.09. The maximum atomic E-state index is 12.2. The highest BCUT2D eigenvalue weighted by Crippen LogP contribution is 2.14. The smallest absolute Gasteiger partial charge is 0.223 e. The molecule has 0 unspecified atom stereocenters. The van der Waals surface area contributed by atoms with E-state index in [1.54, 1.807) is 11.3 Å². The van der Waals surface area contributed by atoms with Gasteiger partial charge in [-0.3, -0.25) is 4.79 Å². The van der Waals surface area contributed by atoms with Gasteiger partial charge in [0.25, 0.3) is 0 Å². The lowest BCUT2D eigenvalue weighted by atomic mass is 10.1. The van der Waals surface area contributed by atoms with E-state index < -0.39 is 0 Å². The molecule has 1 heterocycles. The first kappa shape index (κ1) is 14.6. The normalized spacial score (nSPS) is 10.4. The monoisotopic (exact) mass is 288 g/mol. The van der Waals surface area contributed by atoms with E-state index in [9.17, 15) is 4.79 Å². The van der Waals surface area contributed by atoms with Gasteiger partial charge in [0.05, 0.1) is 6.54 Å². The van der Waals surface area contributed by atoms with Gasteiger partial charge in [0.2, 0.25) is 5.91 Å². The molecular weight excluding hydrogens is 268 g/mol. The Morgan fingerprint density at radius 3 is 2.60 bits per heavy atom. The number of thiophene rings is 1. The van der Waals surface area contributed by atoms with E-state index in [4.69, 9.17) is 5.73 Å². The molecule has 0 bridgehead atoms. The minimum Gasteiger partial charge on any atom is -0.399 e. The van der Waals surface area contributed by atoms with Crippen LogP contribution < -0.4 is 5.73 Å². The Hall–Kier alpha value is -1.81. The lowest BCUT2D eigenvalue weighted by Gasteiger charge is -2.20. The van der Waals surface area contributed by atoms with E-state index in [0.717, 1.165) is 30.8 Å². The van der Waals surface area contributed by atoms with Crippen molar-refractivity contribution in [2.75, 3.05) is 12.3 Å². The molecule has 0 aliphatic carbocycles. The Morgan fingerprint density at radius 2 is 2.00 bits per heavy atom. The van der Waals surface area contributed by atoms with E-state index in [1.807, 2.05) is 47.5 Å². The Labute approximate surface area is 124 Å². The van der Waals surface area contributed by atoms with Crippen molar-refractivity contribution in [2.45, 2.75) is 26.3 Å². The Kier molecular flexibility index (Phi) is 5.18. The van der Waals surface area contributed by atoms with Crippen LogP contribution in [0.25, 0.3) is 0 Å². The summed E-state index contributed by atoms with van der Waals surface area (Å²) in [6.45, 7) is 3.49. The Morgan fingerprint density at radius 1 is 1.25 bits per heavy atom. The Bertz CT molecular complexity index is 534. The van der Waals surface area contributed by atoms with Crippen molar-refractivity contribution in [2.24, 2.45) is 0 Å². The number of nitrogens with zero attached hydrogens (tertiary/aromatic N) is 1. The molecule has 2 N–H and O–H groups in total. The summed E-state index contributed by atoms with van der Waals surface area (Å²) in [5.41, 5.74) is 7.56. The molecule has 3 nitrogen and oxygen atoms in total. The summed E-state index contributed by atoms with van der Waals surface area (Å²) < 4.78 is 0. The van der Waals surface area contributed by atoms with Crippen LogP contribution in [0.2, 0.25) is 0 Å². The molecular formula is C16H20N2OS. The summed E-state index contributed by atoms with van der Waals surface area (Å²) >= 11 is 1.69. The van der Waals surface area contributed by atoms with Crippen molar-refractivity contribution in [3.8, 4) is 0 Å². The van der Waals surface area contributed by atoms with Crippen LogP contribution in [-0.4, -0.2) is 17.4 Å². The van der Waals surface area contributed by atoms with Crippen LogP contribution in [-0.2, 0) is 17.8 Å². The fraction of sp³-hybridized carbons (Fsp3) is 0.312. The average Bonchev–Trinajstić information content (AvgIpc) is 2.97. The van der Waals surface area contributed by atoms with Gasteiger partial charge >= 0.3 is 0 Å². The van der Waals surface area contributed by atoms with E-state index in [0.29, 0.717) is 6.42 Å². The second kappa shape index (κ2) is 7.10. The number of nitrogens with two attached hydrogens (primary N) is 1. The molecule has 4 heteroatoms. The molecule has 0 saturated carbocycles. The summed E-state index contributed by atoms with van der Waals surface area (Å²) in [6, 6.07) is 11.8. The van der Waals surface area contributed by atoms with Crippen LogP contribution in [0.15, 0.2) is 41.8 Å². The summed E-state index contributed by atoms with van der Waals surface area (Å²) in [6.07, 6.45) is 1.31. The van der Waals surface area contributed by atoms with Gasteiger partial charge in [-0.25, -0.2) is 0 Å². The van der Waals surface area contributed by atoms with Crippen molar-refractivity contribution >= 4 is 22.9 Å². The van der Waals surface area contributed by atoms with E-state index in [-0.39, 0.29) is 5.91 Å². The van der Waals surface area contributed by atoms with Crippen LogP contribution in [0.3, 0.4) is 0 Å². The Balaban J connectivity index is 1.87. The number of carbonyl (C=O) groups is 1. The molecule has 1 aromatic heterocycles. The minimum atomic E-state index is 0.206. The molecule has 0 saturated heterocycles. The molecule has 20 heavy (non-hydrogen) atoms. The predicted molar refractivity (Wildman–Crippen MR) is 84.6 cm³/mol. The van der Waals surface area contributed by atoms with Crippen molar-refractivity contribution in [3.63, 3.8) is 0 Å². The van der Waals surface area contributed by atoms with Gasteiger partial charge < -0.3 is 10.6 Å². The van der Waals surface area contributed by atoms with Crippen molar-refractivity contribution in [1.29, 1.82) is 0 Å². The quantitative estimate of drug-likeness (QED) is 0.829. The third kappa shape index (κ3) is 4.10. The van der Waals surface area contributed by atoms with Crippen molar-refractivity contribution in [1.82, 2.24) is 4.90 Å². The summed E-state index contributed by atoms with van der Waals surface area (Å²) in [7, 11) is 0. The molecule has 2 rings (SSSR count). The lowest BCUT2D eigenvalue weighted by molar-refractivity contribution is -0.131. The number of rotatable bonds is 6. The highest BCUT2D eigenvalue weighted by Gasteiger charge is 2.12. The second-order valence-corrected chi connectivity index (χ2v) is 5.76. The zero-order valence-corrected chi connectivity index (χ0v) is 12.5. The lowest BCUT2D eigenvalue weighted by Crippen LogP contribution is -2.30. The first-order chi connectivity index (χ1) is 9.69. The molecule has 1 amide bonds. The first-order valence-corrected chi connectivity index (χ1v) is 7.71. The predicted octanol–water partition coefficient (Wildman–Crippen LogP) is 3.31. The standard InChI is InChI=1S/C16H20N2OS/c1-2-18(12-15-4-3-11-20-15)16(19)10-7-13-5-8-14(17)9-6-13/h3-6,8-9,11H,2,7,10,12,17H2,1H3. The number of hydrogen-bond donors (Lipinski definition) is 1. The van der Waals surface area contributed by atoms with E-state index >= 15 is 0 Å². The van der Waals surface area contributed by atoms with Gasteiger partial charge in [0.1, 0.15) is 0 Å². The average molecular weight is 288 g/mol.